The SMILES string of the molecule is CS(=O)(=O)c1ccc(-c2c(-c3ccc(F)cc3)c(=O)[nH]n2-c2ccc(F)c(F)c2)cc1. The van der Waals surface area contributed by atoms with Crippen molar-refractivity contribution in [1.82, 2.24) is 9.78 Å². The van der Waals surface area contributed by atoms with E-state index < -0.39 is 32.8 Å². The van der Waals surface area contributed by atoms with Gasteiger partial charge in [-0.1, -0.05) is 24.3 Å². The third-order valence-corrected chi connectivity index (χ3v) is 5.88. The monoisotopic (exact) mass is 444 g/mol. The molecule has 1 N–H and O–H groups in total. The lowest BCUT2D eigenvalue weighted by Gasteiger charge is -2.12. The molecule has 158 valence electrons. The van der Waals surface area contributed by atoms with Gasteiger partial charge >= 0.3 is 0 Å². The first-order valence-corrected chi connectivity index (χ1v) is 10.9. The molecule has 4 rings (SSSR count). The second kappa shape index (κ2) is 7.59. The van der Waals surface area contributed by atoms with E-state index in [0.29, 0.717) is 11.1 Å². The van der Waals surface area contributed by atoms with Gasteiger partial charge in [-0.3, -0.25) is 14.6 Å². The van der Waals surface area contributed by atoms with Crippen molar-refractivity contribution in [3.8, 4) is 28.1 Å². The predicted octanol–water partition coefficient (Wildman–Crippen LogP) is 4.32. The highest BCUT2D eigenvalue weighted by molar-refractivity contribution is 7.90. The van der Waals surface area contributed by atoms with E-state index >= 15 is 0 Å². The standard InChI is InChI=1S/C22H15F3N2O3S/c1-31(29,30)17-9-4-14(5-10-17)21-20(13-2-6-15(23)7-3-13)22(28)26-27(21)16-8-11-18(24)19(25)12-16/h2-12H,1H3,(H,26,28). The molecule has 1 heterocycles. The van der Waals surface area contributed by atoms with E-state index in [1.165, 1.54) is 59.3 Å². The van der Waals surface area contributed by atoms with Crippen LogP contribution in [0.15, 0.2) is 76.4 Å². The quantitative estimate of drug-likeness (QED) is 0.510. The maximum Gasteiger partial charge on any atom is 0.272 e. The van der Waals surface area contributed by atoms with E-state index in [-0.39, 0.29) is 21.8 Å². The molecular formula is C22H15F3N2O3S. The van der Waals surface area contributed by atoms with Crippen molar-refractivity contribution in [3.05, 3.63) is 94.5 Å². The second-order valence-electron chi connectivity index (χ2n) is 6.90. The van der Waals surface area contributed by atoms with E-state index in [1.807, 2.05) is 0 Å². The highest BCUT2D eigenvalue weighted by Gasteiger charge is 2.21. The molecule has 0 atom stereocenters. The summed E-state index contributed by atoms with van der Waals surface area (Å²) in [6.45, 7) is 0. The summed E-state index contributed by atoms with van der Waals surface area (Å²) < 4.78 is 65.6. The van der Waals surface area contributed by atoms with Crippen molar-refractivity contribution >= 4 is 9.84 Å². The molecule has 1 aromatic heterocycles. The number of nitrogens with zero attached hydrogens (tertiary/aromatic N) is 1. The van der Waals surface area contributed by atoms with Crippen molar-refractivity contribution in [1.29, 1.82) is 0 Å². The Morgan fingerprint density at radius 2 is 1.42 bits per heavy atom. The van der Waals surface area contributed by atoms with Crippen LogP contribution in [0.3, 0.4) is 0 Å². The number of nitrogens with one attached hydrogen (secondary N) is 1. The van der Waals surface area contributed by atoms with Gasteiger partial charge in [-0.05, 0) is 42.0 Å². The van der Waals surface area contributed by atoms with E-state index in [9.17, 15) is 26.4 Å². The number of sulfone groups is 1. The number of H-pyrrole nitrogens is 1. The second-order valence-corrected chi connectivity index (χ2v) is 8.92. The minimum Gasteiger partial charge on any atom is -0.267 e. The molecule has 0 fully saturated rings. The fraction of sp³-hybridized carbons (Fsp3) is 0.0455. The average molecular weight is 444 g/mol. The van der Waals surface area contributed by atoms with Gasteiger partial charge in [-0.2, -0.15) is 0 Å². The maximum atomic E-state index is 13.9. The Labute approximate surface area is 175 Å². The van der Waals surface area contributed by atoms with E-state index in [4.69, 9.17) is 0 Å². The van der Waals surface area contributed by atoms with Crippen LogP contribution >= 0.6 is 0 Å². The van der Waals surface area contributed by atoms with Crippen LogP contribution in [0, 0.1) is 17.5 Å². The molecule has 0 bridgehead atoms. The molecule has 0 radical (unpaired) electrons. The van der Waals surface area contributed by atoms with E-state index in [0.717, 1.165) is 18.4 Å². The van der Waals surface area contributed by atoms with Crippen LogP contribution in [-0.2, 0) is 9.84 Å². The van der Waals surface area contributed by atoms with Gasteiger partial charge in [0.25, 0.3) is 5.56 Å². The van der Waals surface area contributed by atoms with Crippen LogP contribution in [0.4, 0.5) is 13.2 Å². The third kappa shape index (κ3) is 3.91. The van der Waals surface area contributed by atoms with Crippen LogP contribution in [0.1, 0.15) is 0 Å². The summed E-state index contributed by atoms with van der Waals surface area (Å²) in [6.07, 6.45) is 1.07. The zero-order valence-corrected chi connectivity index (χ0v) is 16.9. The van der Waals surface area contributed by atoms with Gasteiger partial charge in [-0.25, -0.2) is 21.6 Å². The van der Waals surface area contributed by atoms with Crippen molar-refractivity contribution < 1.29 is 21.6 Å². The molecule has 0 saturated heterocycles. The van der Waals surface area contributed by atoms with Crippen LogP contribution < -0.4 is 5.56 Å². The summed E-state index contributed by atoms with van der Waals surface area (Å²) in [6, 6.07) is 14.1. The fourth-order valence-electron chi connectivity index (χ4n) is 3.27. The first-order valence-electron chi connectivity index (χ1n) is 9.02. The summed E-state index contributed by atoms with van der Waals surface area (Å²) in [4.78, 5) is 12.9. The van der Waals surface area contributed by atoms with Gasteiger partial charge in [0, 0.05) is 17.9 Å². The third-order valence-electron chi connectivity index (χ3n) is 4.75. The average Bonchev–Trinajstić information content (AvgIpc) is 3.07. The molecule has 0 spiro atoms. The molecule has 0 amide bonds. The minimum absolute atomic E-state index is 0.0804. The molecule has 0 aliphatic rings. The highest BCUT2D eigenvalue weighted by Crippen LogP contribution is 2.32. The summed E-state index contributed by atoms with van der Waals surface area (Å²) in [5.41, 5.74) is 0.880. The van der Waals surface area contributed by atoms with Crippen LogP contribution in [0.5, 0.6) is 0 Å². The Bertz CT molecular complexity index is 1440. The van der Waals surface area contributed by atoms with Crippen LogP contribution in [-0.4, -0.2) is 24.5 Å². The highest BCUT2D eigenvalue weighted by atomic mass is 32.2. The van der Waals surface area contributed by atoms with Gasteiger partial charge in [0.1, 0.15) is 5.82 Å². The number of halogens is 3. The lowest BCUT2D eigenvalue weighted by molar-refractivity contribution is 0.507. The first kappa shape index (κ1) is 20.7. The Kier molecular flexibility index (Phi) is 5.06. The van der Waals surface area contributed by atoms with Crippen LogP contribution in [0.2, 0.25) is 0 Å². The molecule has 4 aromatic rings. The summed E-state index contributed by atoms with van der Waals surface area (Å²) in [5.74, 6) is -2.64. The number of aromatic nitrogens is 2. The number of hydrogen-bond donors (Lipinski definition) is 1. The molecule has 0 aliphatic carbocycles. The summed E-state index contributed by atoms with van der Waals surface area (Å²) >= 11 is 0. The van der Waals surface area contributed by atoms with Crippen molar-refractivity contribution in [2.45, 2.75) is 4.90 Å². The number of aromatic amines is 1. The molecule has 5 nitrogen and oxygen atoms in total. The maximum absolute atomic E-state index is 13.9. The molecular weight excluding hydrogens is 429 g/mol. The zero-order valence-electron chi connectivity index (χ0n) is 16.1. The predicted molar refractivity (Wildman–Crippen MR) is 110 cm³/mol. The normalized spacial score (nSPS) is 11.6. The van der Waals surface area contributed by atoms with Crippen molar-refractivity contribution in [2.24, 2.45) is 0 Å². The van der Waals surface area contributed by atoms with Crippen molar-refractivity contribution in [2.75, 3.05) is 6.26 Å². The van der Waals surface area contributed by atoms with Crippen molar-refractivity contribution in [3.63, 3.8) is 0 Å². The van der Waals surface area contributed by atoms with Gasteiger partial charge in [0.2, 0.25) is 0 Å². The van der Waals surface area contributed by atoms with Gasteiger partial charge in [-0.15, -0.1) is 0 Å². The minimum atomic E-state index is -3.45. The molecule has 3 aromatic carbocycles. The Balaban J connectivity index is 2.01. The smallest absolute Gasteiger partial charge is 0.267 e. The Morgan fingerprint density at radius 3 is 2.00 bits per heavy atom. The van der Waals surface area contributed by atoms with E-state index in [2.05, 4.69) is 5.10 Å². The van der Waals surface area contributed by atoms with Gasteiger partial charge < -0.3 is 0 Å². The summed E-state index contributed by atoms with van der Waals surface area (Å²) in [5, 5.41) is 2.59. The largest absolute Gasteiger partial charge is 0.272 e. The molecule has 0 aliphatic heterocycles. The lowest BCUT2D eigenvalue weighted by Crippen LogP contribution is -2.06. The topological polar surface area (TPSA) is 71.9 Å². The fourth-order valence-corrected chi connectivity index (χ4v) is 3.90. The summed E-state index contributed by atoms with van der Waals surface area (Å²) in [7, 11) is -3.45. The van der Waals surface area contributed by atoms with Gasteiger partial charge in [0.15, 0.2) is 21.5 Å². The van der Waals surface area contributed by atoms with E-state index in [1.54, 1.807) is 0 Å². The Morgan fingerprint density at radius 1 is 0.806 bits per heavy atom. The number of hydrogen-bond acceptors (Lipinski definition) is 3. The number of rotatable bonds is 4. The first-order chi connectivity index (χ1) is 14.6. The van der Waals surface area contributed by atoms with Gasteiger partial charge in [0.05, 0.1) is 21.8 Å². The molecule has 31 heavy (non-hydrogen) atoms. The van der Waals surface area contributed by atoms with Crippen LogP contribution in [0.25, 0.3) is 28.1 Å². The Hall–Kier alpha value is -3.59. The number of benzene rings is 3. The molecule has 0 unspecified atom stereocenters. The zero-order chi connectivity index (χ0) is 22.3. The lowest BCUT2D eigenvalue weighted by atomic mass is 10.0. The molecule has 0 saturated carbocycles. The molecule has 9 heteroatoms.